The minimum Gasteiger partial charge on any atom is -0.441 e. The number of amides is 1. The molecule has 1 aliphatic rings. The Bertz CT molecular complexity index is 920. The van der Waals surface area contributed by atoms with Crippen molar-refractivity contribution in [3.63, 3.8) is 0 Å². The second-order valence-corrected chi connectivity index (χ2v) is 7.29. The largest absolute Gasteiger partial charge is 0.441 e. The number of carbonyl (C=O) groups excluding carboxylic acids is 1. The van der Waals surface area contributed by atoms with Crippen molar-refractivity contribution in [3.8, 4) is 0 Å². The lowest BCUT2D eigenvalue weighted by molar-refractivity contribution is -0.121. The molecule has 2 aromatic carbocycles. The third-order valence-corrected chi connectivity index (χ3v) is 5.12. The average molecular weight is 379 g/mol. The molecule has 0 bridgehead atoms. The fourth-order valence-electron chi connectivity index (χ4n) is 3.64. The van der Waals surface area contributed by atoms with Crippen LogP contribution in [0, 0.1) is 0 Å². The van der Waals surface area contributed by atoms with Crippen LogP contribution in [0.25, 0.3) is 11.1 Å². The summed E-state index contributed by atoms with van der Waals surface area (Å²) in [6.45, 7) is 2.59. The fraction of sp³-hybridized carbons (Fsp3) is 0.364. The zero-order valence-electron chi connectivity index (χ0n) is 15.8. The Morgan fingerprint density at radius 2 is 1.96 bits per heavy atom. The van der Waals surface area contributed by atoms with Crippen LogP contribution in [-0.2, 0) is 24.2 Å². The first-order valence-corrected chi connectivity index (χ1v) is 9.76. The predicted octanol–water partition coefficient (Wildman–Crippen LogP) is 2.30. The molecular formula is C22H25N3O3. The molecule has 0 aliphatic carbocycles. The van der Waals surface area contributed by atoms with Gasteiger partial charge in [0, 0.05) is 39.0 Å². The zero-order chi connectivity index (χ0) is 19.3. The quantitative estimate of drug-likeness (QED) is 0.659. The zero-order valence-corrected chi connectivity index (χ0v) is 15.8. The van der Waals surface area contributed by atoms with Gasteiger partial charge < -0.3 is 14.8 Å². The van der Waals surface area contributed by atoms with E-state index in [1.165, 1.54) is 11.1 Å². The molecule has 0 radical (unpaired) electrons. The van der Waals surface area contributed by atoms with Crippen molar-refractivity contribution in [2.75, 3.05) is 19.6 Å². The van der Waals surface area contributed by atoms with Crippen LogP contribution in [0.1, 0.15) is 23.4 Å². The SMILES string of the molecule is O=C(CCc1nc2ccccc2o1)NC[C@@H](O)CN1CCc2ccccc2C1. The Labute approximate surface area is 164 Å². The van der Waals surface area contributed by atoms with Crippen LogP contribution < -0.4 is 5.32 Å². The van der Waals surface area contributed by atoms with Crippen LogP contribution in [0.3, 0.4) is 0 Å². The van der Waals surface area contributed by atoms with E-state index in [9.17, 15) is 9.90 Å². The van der Waals surface area contributed by atoms with Gasteiger partial charge in [0.05, 0.1) is 6.10 Å². The van der Waals surface area contributed by atoms with E-state index in [2.05, 4.69) is 39.5 Å². The summed E-state index contributed by atoms with van der Waals surface area (Å²) in [5, 5.41) is 13.1. The number of rotatable bonds is 7. The summed E-state index contributed by atoms with van der Waals surface area (Å²) in [5.41, 5.74) is 4.25. The molecule has 0 spiro atoms. The Morgan fingerprint density at radius 1 is 1.18 bits per heavy atom. The standard InChI is InChI=1S/C22H25N3O3/c26-18(15-25-12-11-16-5-1-2-6-17(16)14-25)13-23-21(27)9-10-22-24-19-7-3-4-8-20(19)28-22/h1-8,18,26H,9-15H2,(H,23,27)/t18-/m1/s1. The number of fused-ring (bicyclic) bond motifs is 2. The van der Waals surface area contributed by atoms with Gasteiger partial charge in [0.15, 0.2) is 11.5 Å². The van der Waals surface area contributed by atoms with Gasteiger partial charge in [-0.3, -0.25) is 9.69 Å². The molecule has 6 heteroatoms. The first-order valence-electron chi connectivity index (χ1n) is 9.76. The Morgan fingerprint density at radius 3 is 2.82 bits per heavy atom. The number of oxazole rings is 1. The number of para-hydroxylation sites is 2. The van der Waals surface area contributed by atoms with Crippen molar-refractivity contribution in [3.05, 3.63) is 65.5 Å². The molecule has 2 N–H and O–H groups in total. The van der Waals surface area contributed by atoms with Crippen LogP contribution in [-0.4, -0.2) is 46.6 Å². The molecule has 0 saturated heterocycles. The van der Waals surface area contributed by atoms with Crippen LogP contribution >= 0.6 is 0 Å². The summed E-state index contributed by atoms with van der Waals surface area (Å²) in [6.07, 6.45) is 1.15. The van der Waals surface area contributed by atoms with Gasteiger partial charge >= 0.3 is 0 Å². The number of nitrogens with zero attached hydrogens (tertiary/aromatic N) is 2. The molecule has 1 aliphatic heterocycles. The second-order valence-electron chi connectivity index (χ2n) is 7.29. The first-order chi connectivity index (χ1) is 13.7. The Hall–Kier alpha value is -2.70. The Balaban J connectivity index is 1.19. The van der Waals surface area contributed by atoms with Gasteiger partial charge in [0.1, 0.15) is 5.52 Å². The highest BCUT2D eigenvalue weighted by Crippen LogP contribution is 2.18. The number of β-amino-alcohol motifs (C(OH)–C–C–N with tert-alkyl or cyclic N) is 1. The van der Waals surface area contributed by atoms with Gasteiger partial charge in [0.25, 0.3) is 0 Å². The van der Waals surface area contributed by atoms with Gasteiger partial charge in [-0.1, -0.05) is 36.4 Å². The number of aromatic nitrogens is 1. The van der Waals surface area contributed by atoms with Gasteiger partial charge in [-0.2, -0.15) is 0 Å². The molecule has 2 heterocycles. The number of aliphatic hydroxyl groups excluding tert-OH is 1. The van der Waals surface area contributed by atoms with E-state index >= 15 is 0 Å². The van der Waals surface area contributed by atoms with Crippen molar-refractivity contribution in [2.45, 2.75) is 31.9 Å². The minimum atomic E-state index is -0.585. The summed E-state index contributed by atoms with van der Waals surface area (Å²) in [7, 11) is 0. The smallest absolute Gasteiger partial charge is 0.220 e. The van der Waals surface area contributed by atoms with E-state index in [4.69, 9.17) is 4.42 Å². The minimum absolute atomic E-state index is 0.106. The van der Waals surface area contributed by atoms with Crippen LogP contribution in [0.2, 0.25) is 0 Å². The summed E-state index contributed by atoms with van der Waals surface area (Å²) >= 11 is 0. The fourth-order valence-corrected chi connectivity index (χ4v) is 3.64. The molecule has 4 rings (SSSR count). The number of aryl methyl sites for hydroxylation is 1. The normalized spacial score (nSPS) is 15.3. The molecule has 6 nitrogen and oxygen atoms in total. The molecule has 146 valence electrons. The molecule has 0 saturated carbocycles. The third kappa shape index (κ3) is 4.58. The Kier molecular flexibility index (Phi) is 5.69. The summed E-state index contributed by atoms with van der Waals surface area (Å²) in [5.74, 6) is 0.453. The lowest BCUT2D eigenvalue weighted by atomic mass is 10.00. The molecule has 0 unspecified atom stereocenters. The number of aliphatic hydroxyl groups is 1. The van der Waals surface area contributed by atoms with E-state index in [1.807, 2.05) is 24.3 Å². The molecule has 3 aromatic rings. The number of nitrogens with one attached hydrogen (secondary N) is 1. The molecule has 1 atom stereocenters. The lowest BCUT2D eigenvalue weighted by Gasteiger charge is -2.30. The van der Waals surface area contributed by atoms with E-state index in [0.29, 0.717) is 18.9 Å². The maximum atomic E-state index is 12.1. The number of hydrogen-bond acceptors (Lipinski definition) is 5. The number of benzene rings is 2. The molecular weight excluding hydrogens is 354 g/mol. The molecule has 1 aromatic heterocycles. The van der Waals surface area contributed by atoms with E-state index < -0.39 is 6.10 Å². The second kappa shape index (κ2) is 8.54. The molecule has 0 fully saturated rings. The average Bonchev–Trinajstić information content (AvgIpc) is 3.14. The summed E-state index contributed by atoms with van der Waals surface area (Å²) < 4.78 is 5.63. The van der Waals surface area contributed by atoms with Crippen molar-refractivity contribution in [1.29, 1.82) is 0 Å². The number of carbonyl (C=O) groups is 1. The summed E-state index contributed by atoms with van der Waals surface area (Å²) in [4.78, 5) is 18.7. The van der Waals surface area contributed by atoms with Gasteiger partial charge in [-0.15, -0.1) is 0 Å². The van der Waals surface area contributed by atoms with E-state index in [0.717, 1.165) is 30.6 Å². The highest BCUT2D eigenvalue weighted by Gasteiger charge is 2.18. The highest BCUT2D eigenvalue weighted by atomic mass is 16.3. The maximum absolute atomic E-state index is 12.1. The van der Waals surface area contributed by atoms with Crippen LogP contribution in [0.4, 0.5) is 0 Å². The van der Waals surface area contributed by atoms with Crippen molar-refractivity contribution in [2.24, 2.45) is 0 Å². The van der Waals surface area contributed by atoms with Gasteiger partial charge in [0.2, 0.25) is 5.91 Å². The third-order valence-electron chi connectivity index (χ3n) is 5.12. The monoisotopic (exact) mass is 379 g/mol. The van der Waals surface area contributed by atoms with Crippen LogP contribution in [0.15, 0.2) is 52.9 Å². The van der Waals surface area contributed by atoms with Crippen LogP contribution in [0.5, 0.6) is 0 Å². The highest BCUT2D eigenvalue weighted by molar-refractivity contribution is 5.76. The van der Waals surface area contributed by atoms with Crippen molar-refractivity contribution < 1.29 is 14.3 Å². The van der Waals surface area contributed by atoms with E-state index in [-0.39, 0.29) is 18.9 Å². The predicted molar refractivity (Wildman–Crippen MR) is 107 cm³/mol. The van der Waals surface area contributed by atoms with E-state index in [1.54, 1.807) is 0 Å². The topological polar surface area (TPSA) is 78.6 Å². The van der Waals surface area contributed by atoms with Gasteiger partial charge in [-0.05, 0) is 29.7 Å². The van der Waals surface area contributed by atoms with Crippen molar-refractivity contribution >= 4 is 17.0 Å². The number of hydrogen-bond donors (Lipinski definition) is 2. The molecule has 28 heavy (non-hydrogen) atoms. The summed E-state index contributed by atoms with van der Waals surface area (Å²) in [6, 6.07) is 16.0. The lowest BCUT2D eigenvalue weighted by Crippen LogP contribution is -2.42. The van der Waals surface area contributed by atoms with Crippen molar-refractivity contribution in [1.82, 2.24) is 15.2 Å². The maximum Gasteiger partial charge on any atom is 0.220 e. The van der Waals surface area contributed by atoms with Gasteiger partial charge in [-0.25, -0.2) is 4.98 Å². The molecule has 1 amide bonds. The first kappa shape index (κ1) is 18.7.